The summed E-state index contributed by atoms with van der Waals surface area (Å²) >= 11 is 1.67. The molecule has 2 fully saturated rings. The summed E-state index contributed by atoms with van der Waals surface area (Å²) in [5.41, 5.74) is 2.89. The lowest BCUT2D eigenvalue weighted by molar-refractivity contribution is 0.229. The van der Waals surface area contributed by atoms with Gasteiger partial charge in [-0.05, 0) is 37.8 Å². The molecule has 2 aromatic heterocycles. The van der Waals surface area contributed by atoms with Crippen LogP contribution in [0.25, 0.3) is 20.8 Å². The summed E-state index contributed by atoms with van der Waals surface area (Å²) in [6.45, 7) is 2.02. The molecule has 3 aromatic rings. The Balaban J connectivity index is 1.60. The number of benzene rings is 1. The Morgan fingerprint density at radius 3 is 2.67 bits per heavy atom. The zero-order valence-corrected chi connectivity index (χ0v) is 16.5. The van der Waals surface area contributed by atoms with Crippen LogP contribution < -0.4 is 10.2 Å². The maximum Gasteiger partial charge on any atom is 0.227 e. The monoisotopic (exact) mass is 381 g/mol. The van der Waals surface area contributed by atoms with Crippen molar-refractivity contribution in [3.05, 3.63) is 30.0 Å². The largest absolute Gasteiger partial charge is 0.392 e. The number of fused-ring (bicyclic) bond motifs is 2. The second-order valence-electron chi connectivity index (χ2n) is 7.77. The number of rotatable bonds is 4. The molecule has 4 unspecified atom stereocenters. The number of aliphatic hydroxyl groups is 1. The number of para-hydroxylation sites is 1. The van der Waals surface area contributed by atoms with Gasteiger partial charge in [-0.2, -0.15) is 4.98 Å². The Morgan fingerprint density at radius 2 is 1.96 bits per heavy atom. The average molecular weight is 382 g/mol. The standard InChI is InChI=1S/C20H23N5OS/c1-10-15(19-23-12-6-4-5-7-14(12)27-19)18(24-20(21-10)25(2)3)22-13-9-8-11-16(13)17(11)26/h4-7,11,13,16-17,26H,8-9H2,1-3H3,(H,21,22,24). The summed E-state index contributed by atoms with van der Waals surface area (Å²) in [6, 6.07) is 8.44. The zero-order chi connectivity index (χ0) is 18.7. The van der Waals surface area contributed by atoms with Gasteiger partial charge in [-0.25, -0.2) is 9.97 Å². The van der Waals surface area contributed by atoms with Gasteiger partial charge < -0.3 is 15.3 Å². The molecule has 2 N–H and O–H groups in total. The number of aromatic nitrogens is 3. The predicted octanol–water partition coefficient (Wildman–Crippen LogP) is 3.31. The molecule has 27 heavy (non-hydrogen) atoms. The topological polar surface area (TPSA) is 74.2 Å². The van der Waals surface area contributed by atoms with Crippen LogP contribution in [-0.2, 0) is 0 Å². The van der Waals surface area contributed by atoms with Crippen LogP contribution in [0.3, 0.4) is 0 Å². The van der Waals surface area contributed by atoms with E-state index in [2.05, 4.69) is 11.4 Å². The van der Waals surface area contributed by atoms with Crippen LogP contribution in [0.2, 0.25) is 0 Å². The lowest BCUT2D eigenvalue weighted by Crippen LogP contribution is -2.24. The van der Waals surface area contributed by atoms with Crippen LogP contribution in [-0.4, -0.2) is 46.3 Å². The molecule has 0 bridgehead atoms. The van der Waals surface area contributed by atoms with Gasteiger partial charge in [-0.3, -0.25) is 0 Å². The smallest absolute Gasteiger partial charge is 0.227 e. The molecule has 0 amide bonds. The van der Waals surface area contributed by atoms with Gasteiger partial charge in [-0.15, -0.1) is 11.3 Å². The van der Waals surface area contributed by atoms with Gasteiger partial charge >= 0.3 is 0 Å². The molecule has 2 saturated carbocycles. The molecule has 7 heteroatoms. The summed E-state index contributed by atoms with van der Waals surface area (Å²) in [7, 11) is 3.90. The van der Waals surface area contributed by atoms with E-state index >= 15 is 0 Å². The van der Waals surface area contributed by atoms with E-state index in [0.717, 1.165) is 45.1 Å². The molecule has 0 radical (unpaired) electrons. The number of nitrogens with one attached hydrogen (secondary N) is 1. The molecule has 140 valence electrons. The van der Waals surface area contributed by atoms with Crippen molar-refractivity contribution < 1.29 is 5.11 Å². The van der Waals surface area contributed by atoms with Crippen molar-refractivity contribution in [3.63, 3.8) is 0 Å². The van der Waals surface area contributed by atoms with Crippen LogP contribution in [0.5, 0.6) is 0 Å². The van der Waals surface area contributed by atoms with E-state index in [0.29, 0.717) is 17.8 Å². The minimum Gasteiger partial charge on any atom is -0.392 e. The summed E-state index contributed by atoms with van der Waals surface area (Å²) in [6.07, 6.45) is 2.01. The van der Waals surface area contributed by atoms with Gasteiger partial charge in [0.2, 0.25) is 5.95 Å². The highest BCUT2D eigenvalue weighted by atomic mass is 32.1. The lowest BCUT2D eigenvalue weighted by atomic mass is 10.1. The Labute approximate surface area is 162 Å². The Kier molecular flexibility index (Phi) is 3.84. The number of hydrogen-bond acceptors (Lipinski definition) is 7. The van der Waals surface area contributed by atoms with Crippen LogP contribution in [0.4, 0.5) is 11.8 Å². The minimum absolute atomic E-state index is 0.154. The Bertz CT molecular complexity index is 984. The van der Waals surface area contributed by atoms with E-state index in [1.165, 1.54) is 0 Å². The molecular weight excluding hydrogens is 358 g/mol. The number of nitrogens with zero attached hydrogens (tertiary/aromatic N) is 4. The highest BCUT2D eigenvalue weighted by Gasteiger charge is 2.57. The van der Waals surface area contributed by atoms with E-state index in [-0.39, 0.29) is 12.1 Å². The highest BCUT2D eigenvalue weighted by molar-refractivity contribution is 7.21. The van der Waals surface area contributed by atoms with Crippen molar-refractivity contribution in [1.82, 2.24) is 15.0 Å². The van der Waals surface area contributed by atoms with Gasteiger partial charge in [0, 0.05) is 26.1 Å². The molecule has 4 atom stereocenters. The number of anilines is 2. The summed E-state index contributed by atoms with van der Waals surface area (Å²) < 4.78 is 1.16. The van der Waals surface area contributed by atoms with E-state index in [4.69, 9.17) is 15.0 Å². The highest BCUT2D eigenvalue weighted by Crippen LogP contribution is 2.53. The normalized spacial score (nSPS) is 26.2. The number of aryl methyl sites for hydroxylation is 1. The first-order valence-electron chi connectivity index (χ1n) is 9.39. The summed E-state index contributed by atoms with van der Waals surface area (Å²) in [4.78, 5) is 16.3. The third-order valence-corrected chi connectivity index (χ3v) is 6.82. The van der Waals surface area contributed by atoms with Gasteiger partial charge in [0.05, 0.1) is 27.6 Å². The van der Waals surface area contributed by atoms with Gasteiger partial charge in [0.1, 0.15) is 10.8 Å². The van der Waals surface area contributed by atoms with Crippen molar-refractivity contribution in [3.8, 4) is 10.6 Å². The first-order valence-corrected chi connectivity index (χ1v) is 10.2. The second kappa shape index (κ2) is 6.14. The van der Waals surface area contributed by atoms with E-state index in [1.54, 1.807) is 11.3 Å². The van der Waals surface area contributed by atoms with Crippen molar-refractivity contribution in [2.45, 2.75) is 31.9 Å². The molecule has 6 nitrogen and oxygen atoms in total. The Morgan fingerprint density at radius 1 is 1.15 bits per heavy atom. The Hall–Kier alpha value is -2.25. The van der Waals surface area contributed by atoms with E-state index < -0.39 is 0 Å². The first-order chi connectivity index (χ1) is 13.0. The summed E-state index contributed by atoms with van der Waals surface area (Å²) in [5, 5.41) is 14.7. The second-order valence-corrected chi connectivity index (χ2v) is 8.80. The van der Waals surface area contributed by atoms with Gasteiger partial charge in [0.15, 0.2) is 0 Å². The van der Waals surface area contributed by atoms with Crippen molar-refractivity contribution >= 4 is 33.3 Å². The fourth-order valence-corrected chi connectivity index (χ4v) is 5.35. The van der Waals surface area contributed by atoms with Crippen LogP contribution in [0, 0.1) is 18.8 Å². The third kappa shape index (κ3) is 2.76. The van der Waals surface area contributed by atoms with Gasteiger partial charge in [-0.1, -0.05) is 12.1 Å². The van der Waals surface area contributed by atoms with Crippen molar-refractivity contribution in [2.75, 3.05) is 24.3 Å². The molecule has 2 heterocycles. The zero-order valence-electron chi connectivity index (χ0n) is 15.7. The molecule has 5 rings (SSSR count). The molecule has 0 spiro atoms. The molecular formula is C20H23N5OS. The average Bonchev–Trinajstić information content (AvgIpc) is 2.99. The maximum atomic E-state index is 10.1. The van der Waals surface area contributed by atoms with E-state index in [9.17, 15) is 5.11 Å². The lowest BCUT2D eigenvalue weighted by Gasteiger charge is -2.21. The minimum atomic E-state index is -0.154. The molecule has 0 aliphatic heterocycles. The quantitative estimate of drug-likeness (QED) is 0.722. The van der Waals surface area contributed by atoms with E-state index in [1.807, 2.05) is 44.1 Å². The maximum absolute atomic E-state index is 10.1. The fraction of sp³-hybridized carbons (Fsp3) is 0.450. The first kappa shape index (κ1) is 16.9. The third-order valence-electron chi connectivity index (χ3n) is 5.77. The molecule has 0 saturated heterocycles. The van der Waals surface area contributed by atoms with Crippen molar-refractivity contribution in [1.29, 1.82) is 0 Å². The van der Waals surface area contributed by atoms with Gasteiger partial charge in [0.25, 0.3) is 0 Å². The fourth-order valence-electron chi connectivity index (χ4n) is 4.29. The number of hydrogen-bond donors (Lipinski definition) is 2. The van der Waals surface area contributed by atoms with Crippen LogP contribution in [0.1, 0.15) is 18.5 Å². The van der Waals surface area contributed by atoms with Crippen LogP contribution >= 0.6 is 11.3 Å². The van der Waals surface area contributed by atoms with Crippen LogP contribution in [0.15, 0.2) is 24.3 Å². The SMILES string of the molecule is Cc1nc(N(C)C)nc(NC2CCC3C(O)C23)c1-c1nc2ccccc2s1. The summed E-state index contributed by atoms with van der Waals surface area (Å²) in [5.74, 6) is 2.33. The number of aliphatic hydroxyl groups excluding tert-OH is 1. The molecule has 2 aliphatic rings. The predicted molar refractivity (Wildman–Crippen MR) is 109 cm³/mol. The molecule has 1 aromatic carbocycles. The molecule has 2 aliphatic carbocycles. The van der Waals surface area contributed by atoms with Crippen molar-refractivity contribution in [2.24, 2.45) is 11.8 Å². The number of thiazole rings is 1.